The standard InChI is InChI=1S/C15H25N2O4P/c1-10-16-12(18)6-8-17(10)14-15(2,20)13(19)11(21-14)7-9-22(3,4)5/h6,8,11,13-14,19-20H,1,3,7,9H2,2,4-5H3,(H,16,18)/t11?,13-,14?,15+/m1/s1. The molecule has 4 atom stereocenters. The summed E-state index contributed by atoms with van der Waals surface area (Å²) in [7, 11) is 0. The minimum absolute atomic E-state index is 0.278. The van der Waals surface area contributed by atoms with Gasteiger partial charge in [0.15, 0.2) is 6.23 Å². The molecule has 2 rings (SSSR count). The summed E-state index contributed by atoms with van der Waals surface area (Å²) in [6.45, 7) is 8.29. The maximum absolute atomic E-state index is 11.3. The predicted molar refractivity (Wildman–Crippen MR) is 88.9 cm³/mol. The maximum Gasteiger partial charge on any atom is 0.250 e. The average molecular weight is 328 g/mol. The van der Waals surface area contributed by atoms with Crippen molar-refractivity contribution in [1.29, 1.82) is 0 Å². The summed E-state index contributed by atoms with van der Waals surface area (Å²) in [6.07, 6.45) is 6.20. The fourth-order valence-electron chi connectivity index (χ4n) is 2.66. The first-order chi connectivity index (χ1) is 10.0. The lowest BCUT2D eigenvalue weighted by atomic mass is 9.95. The van der Waals surface area contributed by atoms with Crippen molar-refractivity contribution in [2.24, 2.45) is 0 Å². The molecule has 0 aliphatic carbocycles. The van der Waals surface area contributed by atoms with Crippen molar-refractivity contribution in [2.45, 2.75) is 37.4 Å². The number of aliphatic hydroxyl groups is 2. The Hall–Kier alpha value is -1.07. The molecule has 22 heavy (non-hydrogen) atoms. The molecule has 0 spiro atoms. The van der Waals surface area contributed by atoms with E-state index in [1.165, 1.54) is 24.1 Å². The quantitative estimate of drug-likeness (QED) is 0.648. The van der Waals surface area contributed by atoms with Crippen LogP contribution >= 0.6 is 6.89 Å². The van der Waals surface area contributed by atoms with E-state index in [1.54, 1.807) is 0 Å². The lowest BCUT2D eigenvalue weighted by Crippen LogP contribution is -2.53. The highest BCUT2D eigenvalue weighted by molar-refractivity contribution is 7.72. The number of carbonyl (C=O) groups excluding carboxylic acids is 1. The Kier molecular flexibility index (Phi) is 4.60. The van der Waals surface area contributed by atoms with Crippen molar-refractivity contribution in [3.8, 4) is 0 Å². The molecule has 2 aliphatic heterocycles. The van der Waals surface area contributed by atoms with Crippen molar-refractivity contribution in [3.05, 3.63) is 24.7 Å². The van der Waals surface area contributed by atoms with Crippen LogP contribution < -0.4 is 5.32 Å². The van der Waals surface area contributed by atoms with Crippen LogP contribution in [0.25, 0.3) is 0 Å². The smallest absolute Gasteiger partial charge is 0.250 e. The first kappa shape index (κ1) is 17.3. The Morgan fingerprint density at radius 1 is 1.55 bits per heavy atom. The predicted octanol–water partition coefficient (Wildman–Crippen LogP) is 0.339. The van der Waals surface area contributed by atoms with E-state index in [1.807, 2.05) is 0 Å². The lowest BCUT2D eigenvalue weighted by molar-refractivity contribution is -0.123. The molecule has 3 N–H and O–H groups in total. The maximum atomic E-state index is 11.3. The van der Waals surface area contributed by atoms with Crippen molar-refractivity contribution in [1.82, 2.24) is 10.2 Å². The van der Waals surface area contributed by atoms with E-state index < -0.39 is 30.9 Å². The van der Waals surface area contributed by atoms with Crippen LogP contribution in [-0.4, -0.2) is 70.8 Å². The number of ether oxygens (including phenoxy) is 1. The van der Waals surface area contributed by atoms with E-state index in [0.717, 1.165) is 6.16 Å². The summed E-state index contributed by atoms with van der Waals surface area (Å²) in [4.78, 5) is 12.8. The van der Waals surface area contributed by atoms with Gasteiger partial charge < -0.3 is 25.2 Å². The molecule has 1 fully saturated rings. The summed E-state index contributed by atoms with van der Waals surface area (Å²) >= 11 is 0. The summed E-state index contributed by atoms with van der Waals surface area (Å²) in [5.74, 6) is 0.0372. The van der Waals surface area contributed by atoms with Crippen LogP contribution in [0.4, 0.5) is 0 Å². The molecular weight excluding hydrogens is 303 g/mol. The van der Waals surface area contributed by atoms with E-state index in [2.05, 4.69) is 31.5 Å². The molecule has 1 amide bonds. The van der Waals surface area contributed by atoms with Gasteiger partial charge in [-0.3, -0.25) is 4.79 Å². The lowest BCUT2D eigenvalue weighted by Gasteiger charge is -2.37. The highest BCUT2D eigenvalue weighted by atomic mass is 31.2. The summed E-state index contributed by atoms with van der Waals surface area (Å²) in [5.41, 5.74) is -1.47. The highest BCUT2D eigenvalue weighted by Crippen LogP contribution is 2.41. The number of rotatable bonds is 4. The first-order valence-corrected chi connectivity index (χ1v) is 10.3. The second kappa shape index (κ2) is 5.85. The Morgan fingerprint density at radius 2 is 2.18 bits per heavy atom. The molecule has 6 nitrogen and oxygen atoms in total. The number of aliphatic hydroxyl groups excluding tert-OH is 1. The molecule has 2 unspecified atom stereocenters. The minimum atomic E-state index is -1.47. The van der Waals surface area contributed by atoms with Gasteiger partial charge in [0.2, 0.25) is 0 Å². The fourth-order valence-corrected chi connectivity index (χ4v) is 3.61. The van der Waals surface area contributed by atoms with Gasteiger partial charge in [-0.1, -0.05) is 6.58 Å². The molecule has 124 valence electrons. The Bertz CT molecular complexity index is 552. The summed E-state index contributed by atoms with van der Waals surface area (Å²) in [6, 6.07) is 0. The van der Waals surface area contributed by atoms with Gasteiger partial charge in [0.1, 0.15) is 17.5 Å². The van der Waals surface area contributed by atoms with Gasteiger partial charge in [-0.25, -0.2) is 0 Å². The number of carbonyl (C=O) groups is 1. The molecular formula is C15H25N2O4P. The summed E-state index contributed by atoms with van der Waals surface area (Å²) < 4.78 is 5.88. The molecule has 7 heteroatoms. The van der Waals surface area contributed by atoms with Gasteiger partial charge in [-0.05, 0) is 32.8 Å². The fraction of sp³-hybridized carbons (Fsp3) is 0.600. The van der Waals surface area contributed by atoms with Crippen LogP contribution in [0.2, 0.25) is 0 Å². The van der Waals surface area contributed by atoms with Crippen LogP contribution in [0.15, 0.2) is 24.7 Å². The van der Waals surface area contributed by atoms with Crippen molar-refractivity contribution in [3.63, 3.8) is 0 Å². The number of hydrogen-bond acceptors (Lipinski definition) is 5. The molecule has 2 heterocycles. The minimum Gasteiger partial charge on any atom is -0.387 e. The number of nitrogens with zero attached hydrogens (tertiary/aromatic N) is 1. The van der Waals surface area contributed by atoms with Gasteiger partial charge in [-0.2, -0.15) is 0 Å². The normalized spacial score (nSPS) is 35.9. The third-order valence-corrected chi connectivity index (χ3v) is 5.46. The van der Waals surface area contributed by atoms with Crippen LogP contribution in [0, 0.1) is 0 Å². The number of hydrogen-bond donors (Lipinski definition) is 3. The van der Waals surface area contributed by atoms with Gasteiger partial charge >= 0.3 is 0 Å². The Labute approximate surface area is 131 Å². The molecule has 2 aliphatic rings. The van der Waals surface area contributed by atoms with Gasteiger partial charge in [0.05, 0.1) is 6.10 Å². The topological polar surface area (TPSA) is 82.0 Å². The molecule has 0 bridgehead atoms. The third-order valence-electron chi connectivity index (χ3n) is 3.99. The molecule has 1 saturated heterocycles. The van der Waals surface area contributed by atoms with Crippen molar-refractivity contribution >= 4 is 19.1 Å². The van der Waals surface area contributed by atoms with E-state index in [9.17, 15) is 15.0 Å². The monoisotopic (exact) mass is 328 g/mol. The van der Waals surface area contributed by atoms with Crippen LogP contribution in [0.3, 0.4) is 0 Å². The molecule has 0 aromatic carbocycles. The first-order valence-electron chi connectivity index (χ1n) is 7.22. The SMILES string of the molecule is C=C1NC(=O)C=CN1C1OC(CCP(=C)(C)C)[C@@H](O)[C@]1(C)O. The molecule has 0 aromatic heterocycles. The van der Waals surface area contributed by atoms with Crippen LogP contribution in [-0.2, 0) is 9.53 Å². The largest absolute Gasteiger partial charge is 0.387 e. The zero-order chi connectivity index (χ0) is 16.7. The van der Waals surface area contributed by atoms with E-state index in [4.69, 9.17) is 4.74 Å². The van der Waals surface area contributed by atoms with Crippen molar-refractivity contribution in [2.75, 3.05) is 19.5 Å². The van der Waals surface area contributed by atoms with Crippen LogP contribution in [0.1, 0.15) is 13.3 Å². The van der Waals surface area contributed by atoms with Crippen molar-refractivity contribution < 1.29 is 19.7 Å². The molecule has 0 aromatic rings. The average Bonchev–Trinajstić information content (AvgIpc) is 2.59. The van der Waals surface area contributed by atoms with Gasteiger partial charge in [0.25, 0.3) is 5.91 Å². The third kappa shape index (κ3) is 3.46. The van der Waals surface area contributed by atoms with E-state index in [0.29, 0.717) is 12.2 Å². The summed E-state index contributed by atoms with van der Waals surface area (Å²) in [5, 5.41) is 23.6. The molecule has 0 saturated carbocycles. The van der Waals surface area contributed by atoms with Gasteiger partial charge in [-0.15, -0.1) is 13.2 Å². The highest BCUT2D eigenvalue weighted by Gasteiger charge is 2.54. The Morgan fingerprint density at radius 3 is 2.73 bits per heavy atom. The zero-order valence-electron chi connectivity index (χ0n) is 13.3. The molecule has 0 radical (unpaired) electrons. The number of nitrogens with one attached hydrogen (secondary N) is 1. The van der Waals surface area contributed by atoms with E-state index >= 15 is 0 Å². The second-order valence-electron chi connectivity index (χ2n) is 6.80. The number of amides is 1. The van der Waals surface area contributed by atoms with Crippen LogP contribution in [0.5, 0.6) is 0 Å². The zero-order valence-corrected chi connectivity index (χ0v) is 14.2. The second-order valence-corrected chi connectivity index (χ2v) is 11.1. The van der Waals surface area contributed by atoms with Gasteiger partial charge in [0, 0.05) is 12.3 Å². The Balaban J connectivity index is 2.16. The van der Waals surface area contributed by atoms with E-state index in [-0.39, 0.29) is 5.91 Å².